The number of aliphatic hydroxyl groups is 1. The number of hydrogen-bond acceptors (Lipinski definition) is 7. The zero-order valence-corrected chi connectivity index (χ0v) is 20.5. The van der Waals surface area contributed by atoms with Crippen molar-refractivity contribution < 1.29 is 19.4 Å². The Kier molecular flexibility index (Phi) is 7.04. The van der Waals surface area contributed by atoms with Crippen molar-refractivity contribution in [2.75, 3.05) is 25.5 Å². The van der Waals surface area contributed by atoms with E-state index in [1.54, 1.807) is 4.90 Å². The molecule has 1 aliphatic heterocycles. The predicted molar refractivity (Wildman–Crippen MR) is 129 cm³/mol. The summed E-state index contributed by atoms with van der Waals surface area (Å²) in [7, 11) is 1.49. The minimum Gasteiger partial charge on any atom is -0.494 e. The number of hydrogen-bond donors (Lipinski definition) is 2. The maximum atomic E-state index is 13.8. The van der Waals surface area contributed by atoms with Crippen LogP contribution in [0.5, 0.6) is 5.75 Å². The van der Waals surface area contributed by atoms with E-state index in [-0.39, 0.29) is 49.1 Å². The van der Waals surface area contributed by atoms with Crippen molar-refractivity contribution in [3.8, 4) is 5.75 Å². The highest BCUT2D eigenvalue weighted by molar-refractivity contribution is 6.29. The van der Waals surface area contributed by atoms with Gasteiger partial charge in [0.2, 0.25) is 11.8 Å². The highest BCUT2D eigenvalue weighted by Crippen LogP contribution is 2.40. The highest BCUT2D eigenvalue weighted by atomic mass is 35.5. The lowest BCUT2D eigenvalue weighted by atomic mass is 9.69. The van der Waals surface area contributed by atoms with Crippen LogP contribution in [-0.4, -0.2) is 62.0 Å². The lowest BCUT2D eigenvalue weighted by molar-refractivity contribution is -0.144. The van der Waals surface area contributed by atoms with Crippen molar-refractivity contribution >= 4 is 29.1 Å². The number of methoxy groups -OCH3 is 1. The Hall–Kier alpha value is -3.50. The second-order valence-corrected chi connectivity index (χ2v) is 9.19. The summed E-state index contributed by atoms with van der Waals surface area (Å²) in [6.07, 6.45) is 2.97. The van der Waals surface area contributed by atoms with Gasteiger partial charge in [0.25, 0.3) is 0 Å². The average molecular weight is 499 g/mol. The van der Waals surface area contributed by atoms with Crippen molar-refractivity contribution in [2.24, 2.45) is 0 Å². The average Bonchev–Trinajstić information content (AvgIpc) is 3.27. The van der Waals surface area contributed by atoms with Gasteiger partial charge < -0.3 is 20.1 Å². The number of carbonyl (C=O) groups excluding carboxylic acids is 2. The van der Waals surface area contributed by atoms with E-state index in [0.29, 0.717) is 17.1 Å². The lowest BCUT2D eigenvalue weighted by Gasteiger charge is -2.50. The van der Waals surface area contributed by atoms with Gasteiger partial charge in [-0.3, -0.25) is 9.59 Å². The van der Waals surface area contributed by atoms with Crippen LogP contribution in [0, 0.1) is 0 Å². The number of aliphatic hydroxyl groups excluding tert-OH is 1. The number of anilines is 1. The van der Waals surface area contributed by atoms with Crippen LogP contribution in [0.3, 0.4) is 0 Å². The molecule has 0 radical (unpaired) electrons. The molecular weight excluding hydrogens is 472 g/mol. The van der Waals surface area contributed by atoms with E-state index in [2.05, 4.69) is 34.5 Å². The fraction of sp³-hybridized carbons (Fsp3) is 0.375. The lowest BCUT2D eigenvalue weighted by Crippen LogP contribution is -2.67. The van der Waals surface area contributed by atoms with Crippen LogP contribution >= 0.6 is 11.6 Å². The molecule has 1 aliphatic rings. The third-order valence-corrected chi connectivity index (χ3v) is 6.36. The molecule has 11 heteroatoms. The molecule has 1 aromatic carbocycles. The van der Waals surface area contributed by atoms with Gasteiger partial charge in [-0.15, -0.1) is 5.10 Å². The molecule has 0 saturated carbocycles. The van der Waals surface area contributed by atoms with Crippen LogP contribution in [-0.2, 0) is 28.2 Å². The third-order valence-electron chi connectivity index (χ3n) is 6.15. The first-order valence-electron chi connectivity index (χ1n) is 11.2. The van der Waals surface area contributed by atoms with Gasteiger partial charge in [-0.05, 0) is 17.0 Å². The van der Waals surface area contributed by atoms with Gasteiger partial charge in [0.1, 0.15) is 34.2 Å². The molecule has 10 nitrogen and oxygen atoms in total. The summed E-state index contributed by atoms with van der Waals surface area (Å²) in [5.74, 6) is 0.110. The van der Waals surface area contributed by atoms with Gasteiger partial charge in [-0.25, -0.2) is 9.67 Å². The van der Waals surface area contributed by atoms with E-state index in [0.717, 1.165) is 11.1 Å². The smallest absolute Gasteiger partial charge is 0.244 e. The molecule has 184 valence electrons. The van der Waals surface area contributed by atoms with E-state index in [4.69, 9.17) is 16.3 Å². The zero-order valence-electron chi connectivity index (χ0n) is 19.7. The van der Waals surface area contributed by atoms with Gasteiger partial charge in [0.15, 0.2) is 0 Å². The Bertz CT molecular complexity index is 1240. The second kappa shape index (κ2) is 10.0. The molecular formula is C24H27ClN6O4. The van der Waals surface area contributed by atoms with E-state index in [1.807, 2.05) is 24.3 Å². The van der Waals surface area contributed by atoms with Crippen LogP contribution in [0.15, 0.2) is 42.7 Å². The Balaban J connectivity index is 1.62. The number of likely N-dealkylation sites (tertiary alicyclic amines) is 1. The number of benzene rings is 1. The number of carbonyl (C=O) groups is 2. The second-order valence-electron chi connectivity index (χ2n) is 8.80. The summed E-state index contributed by atoms with van der Waals surface area (Å²) in [4.78, 5) is 32.4. The molecule has 4 rings (SSSR count). The molecule has 3 aromatic rings. The summed E-state index contributed by atoms with van der Waals surface area (Å²) in [6.45, 7) is 4.25. The SMILES string of the molecule is COc1cc(Cl)ncc1NC(=O)C1(c2ccccc2C(C)C)CN(C(=O)Cn2cc(CO)nn2)C1. The van der Waals surface area contributed by atoms with E-state index < -0.39 is 5.41 Å². The van der Waals surface area contributed by atoms with Crippen LogP contribution < -0.4 is 10.1 Å². The molecule has 3 heterocycles. The highest BCUT2D eigenvalue weighted by Gasteiger charge is 2.53. The molecule has 0 unspecified atom stereocenters. The largest absolute Gasteiger partial charge is 0.494 e. The summed E-state index contributed by atoms with van der Waals surface area (Å²) in [6, 6.07) is 9.33. The normalized spacial score (nSPS) is 14.5. The van der Waals surface area contributed by atoms with Crippen molar-refractivity contribution in [3.63, 3.8) is 0 Å². The van der Waals surface area contributed by atoms with Crippen molar-refractivity contribution in [1.82, 2.24) is 24.9 Å². The topological polar surface area (TPSA) is 122 Å². The molecule has 1 saturated heterocycles. The van der Waals surface area contributed by atoms with Gasteiger partial charge >= 0.3 is 0 Å². The Labute approximate surface area is 207 Å². The molecule has 0 atom stereocenters. The molecule has 0 bridgehead atoms. The molecule has 1 fully saturated rings. The number of aromatic nitrogens is 4. The molecule has 0 spiro atoms. The van der Waals surface area contributed by atoms with E-state index in [1.165, 1.54) is 30.3 Å². The van der Waals surface area contributed by atoms with Crippen molar-refractivity contribution in [3.05, 3.63) is 64.7 Å². The maximum Gasteiger partial charge on any atom is 0.244 e. The Morgan fingerprint density at radius 3 is 2.69 bits per heavy atom. The molecule has 2 N–H and O–H groups in total. The summed E-state index contributed by atoms with van der Waals surface area (Å²) < 4.78 is 6.73. The van der Waals surface area contributed by atoms with Crippen molar-refractivity contribution in [2.45, 2.75) is 38.3 Å². The number of nitrogens with zero attached hydrogens (tertiary/aromatic N) is 5. The van der Waals surface area contributed by atoms with Gasteiger partial charge in [0, 0.05) is 19.2 Å². The number of amides is 2. The van der Waals surface area contributed by atoms with Gasteiger partial charge in [0.05, 0.1) is 26.1 Å². The summed E-state index contributed by atoms with van der Waals surface area (Å²) in [5, 5.41) is 20.0. The van der Waals surface area contributed by atoms with Crippen LogP contribution in [0.4, 0.5) is 5.69 Å². The standard InChI is InChI=1S/C24H27ClN6O4/c1-15(2)17-6-4-5-7-18(17)24(23(34)27-19-9-26-21(25)8-20(19)35-3)13-30(14-24)22(33)11-31-10-16(12-32)28-29-31/h4-10,15,32H,11-14H2,1-3H3,(H,27,34). The Morgan fingerprint density at radius 2 is 2.03 bits per heavy atom. The number of halogens is 1. The third kappa shape index (κ3) is 4.85. The first kappa shape index (κ1) is 24.6. The summed E-state index contributed by atoms with van der Waals surface area (Å²) >= 11 is 5.97. The zero-order chi connectivity index (χ0) is 25.2. The number of nitrogens with one attached hydrogen (secondary N) is 1. The number of pyridine rings is 1. The molecule has 2 amide bonds. The minimum absolute atomic E-state index is 0.0363. The molecule has 35 heavy (non-hydrogen) atoms. The first-order valence-corrected chi connectivity index (χ1v) is 11.5. The monoisotopic (exact) mass is 498 g/mol. The fourth-order valence-corrected chi connectivity index (χ4v) is 4.45. The maximum absolute atomic E-state index is 13.8. The van der Waals surface area contributed by atoms with Gasteiger partial charge in [-0.2, -0.15) is 0 Å². The Morgan fingerprint density at radius 1 is 1.29 bits per heavy atom. The van der Waals surface area contributed by atoms with Crippen molar-refractivity contribution in [1.29, 1.82) is 0 Å². The van der Waals surface area contributed by atoms with Gasteiger partial charge in [-0.1, -0.05) is 54.9 Å². The van der Waals surface area contributed by atoms with Crippen LogP contribution in [0.1, 0.15) is 36.6 Å². The first-order chi connectivity index (χ1) is 16.8. The number of rotatable bonds is 8. The van der Waals surface area contributed by atoms with E-state index in [9.17, 15) is 14.7 Å². The quantitative estimate of drug-likeness (QED) is 0.457. The number of ether oxygens (including phenoxy) is 1. The van der Waals surface area contributed by atoms with Crippen LogP contribution in [0.2, 0.25) is 5.15 Å². The summed E-state index contributed by atoms with van der Waals surface area (Å²) in [5.41, 5.74) is 1.74. The van der Waals surface area contributed by atoms with Crippen LogP contribution in [0.25, 0.3) is 0 Å². The molecule has 2 aromatic heterocycles. The van der Waals surface area contributed by atoms with E-state index >= 15 is 0 Å². The minimum atomic E-state index is -0.959. The fourth-order valence-electron chi connectivity index (χ4n) is 4.30. The predicted octanol–water partition coefficient (Wildman–Crippen LogP) is 2.37. The molecule has 0 aliphatic carbocycles.